The van der Waals surface area contributed by atoms with Crippen molar-refractivity contribution in [1.29, 1.82) is 0 Å². The summed E-state index contributed by atoms with van der Waals surface area (Å²) in [5.74, 6) is -0.138. The van der Waals surface area contributed by atoms with Gasteiger partial charge in [-0.05, 0) is 30.5 Å². The summed E-state index contributed by atoms with van der Waals surface area (Å²) in [4.78, 5) is 22.2. The van der Waals surface area contributed by atoms with Crippen LogP contribution in [0.5, 0.6) is 0 Å². The smallest absolute Gasteiger partial charge is 0.309 e. The molecule has 1 rings (SSSR count). The van der Waals surface area contributed by atoms with Crippen LogP contribution >= 0.6 is 0 Å². The van der Waals surface area contributed by atoms with Crippen LogP contribution in [0.3, 0.4) is 0 Å². The summed E-state index contributed by atoms with van der Waals surface area (Å²) in [5, 5.41) is 0. The predicted octanol–water partition coefficient (Wildman–Crippen LogP) is 1.84. The average molecular weight is 220 g/mol. The standard InChI is InChI=1S/C13H16O3/c1-9(14)7-11-5-4-6-12(10(11)2)8-13(15)16-3/h4-6H,7-8H2,1-3H3. The number of carbonyl (C=O) groups is 2. The maximum Gasteiger partial charge on any atom is 0.309 e. The molecule has 0 atom stereocenters. The number of Topliss-reactive ketones (excluding diaryl/α,β-unsaturated/α-hetero) is 1. The zero-order chi connectivity index (χ0) is 12.1. The Kier molecular flexibility index (Phi) is 4.23. The van der Waals surface area contributed by atoms with Crippen molar-refractivity contribution in [2.24, 2.45) is 0 Å². The van der Waals surface area contributed by atoms with Gasteiger partial charge in [0.05, 0.1) is 13.5 Å². The zero-order valence-corrected chi connectivity index (χ0v) is 9.87. The summed E-state index contributed by atoms with van der Waals surface area (Å²) in [6.07, 6.45) is 0.676. The summed E-state index contributed by atoms with van der Waals surface area (Å²) < 4.78 is 4.62. The Balaban J connectivity index is 2.94. The first-order chi connectivity index (χ1) is 7.54. The van der Waals surface area contributed by atoms with Crippen molar-refractivity contribution in [3.05, 3.63) is 34.9 Å². The molecule has 0 amide bonds. The van der Waals surface area contributed by atoms with Crippen LogP contribution in [0, 0.1) is 6.92 Å². The van der Waals surface area contributed by atoms with E-state index in [1.165, 1.54) is 7.11 Å². The molecular formula is C13H16O3. The van der Waals surface area contributed by atoms with E-state index >= 15 is 0 Å². The SMILES string of the molecule is COC(=O)Cc1cccc(CC(C)=O)c1C. The van der Waals surface area contributed by atoms with E-state index in [1.54, 1.807) is 6.92 Å². The number of rotatable bonds is 4. The van der Waals surface area contributed by atoms with Gasteiger partial charge in [0.1, 0.15) is 5.78 Å². The third kappa shape index (κ3) is 3.19. The van der Waals surface area contributed by atoms with Gasteiger partial charge in [-0.2, -0.15) is 0 Å². The molecule has 0 heterocycles. The highest BCUT2D eigenvalue weighted by Crippen LogP contribution is 2.15. The quantitative estimate of drug-likeness (QED) is 0.727. The first-order valence-corrected chi connectivity index (χ1v) is 5.18. The number of esters is 1. The van der Waals surface area contributed by atoms with E-state index in [0.717, 1.165) is 16.7 Å². The molecule has 0 radical (unpaired) electrons. The van der Waals surface area contributed by atoms with E-state index in [0.29, 0.717) is 6.42 Å². The molecule has 0 bridgehead atoms. The van der Waals surface area contributed by atoms with E-state index in [1.807, 2.05) is 25.1 Å². The number of ether oxygens (including phenoxy) is 1. The highest BCUT2D eigenvalue weighted by Gasteiger charge is 2.09. The van der Waals surface area contributed by atoms with E-state index in [9.17, 15) is 9.59 Å². The minimum Gasteiger partial charge on any atom is -0.469 e. The number of carbonyl (C=O) groups excluding carboxylic acids is 2. The van der Waals surface area contributed by atoms with Gasteiger partial charge in [0, 0.05) is 6.42 Å². The van der Waals surface area contributed by atoms with Gasteiger partial charge in [-0.1, -0.05) is 18.2 Å². The first kappa shape index (κ1) is 12.4. The maximum absolute atomic E-state index is 11.2. The number of hydrogen-bond acceptors (Lipinski definition) is 3. The van der Waals surface area contributed by atoms with Crippen molar-refractivity contribution in [2.75, 3.05) is 7.11 Å². The van der Waals surface area contributed by atoms with Crippen LogP contribution < -0.4 is 0 Å². The second-order valence-corrected chi connectivity index (χ2v) is 3.83. The number of methoxy groups -OCH3 is 1. The molecule has 0 aliphatic heterocycles. The average Bonchev–Trinajstić information content (AvgIpc) is 2.23. The van der Waals surface area contributed by atoms with Crippen LogP contribution in [-0.4, -0.2) is 18.9 Å². The number of ketones is 1. The monoisotopic (exact) mass is 220 g/mol. The van der Waals surface area contributed by atoms with E-state index < -0.39 is 0 Å². The van der Waals surface area contributed by atoms with Crippen LogP contribution in [0.4, 0.5) is 0 Å². The highest BCUT2D eigenvalue weighted by atomic mass is 16.5. The van der Waals surface area contributed by atoms with Crippen molar-refractivity contribution in [3.8, 4) is 0 Å². The lowest BCUT2D eigenvalue weighted by Crippen LogP contribution is -2.08. The molecule has 0 spiro atoms. The Morgan fingerprint density at radius 3 is 2.25 bits per heavy atom. The molecule has 3 heteroatoms. The molecule has 0 saturated carbocycles. The van der Waals surface area contributed by atoms with Crippen LogP contribution in [0.2, 0.25) is 0 Å². The maximum atomic E-state index is 11.2. The Labute approximate surface area is 95.4 Å². The molecule has 1 aromatic carbocycles. The third-order valence-corrected chi connectivity index (χ3v) is 2.56. The van der Waals surface area contributed by atoms with Crippen molar-refractivity contribution >= 4 is 11.8 Å². The van der Waals surface area contributed by atoms with Gasteiger partial charge in [-0.3, -0.25) is 9.59 Å². The van der Waals surface area contributed by atoms with Crippen molar-refractivity contribution in [1.82, 2.24) is 0 Å². The molecule has 86 valence electrons. The van der Waals surface area contributed by atoms with Gasteiger partial charge in [0.2, 0.25) is 0 Å². The molecule has 0 aliphatic carbocycles. The second kappa shape index (κ2) is 5.45. The summed E-state index contributed by atoms with van der Waals surface area (Å²) in [6.45, 7) is 3.49. The molecular weight excluding hydrogens is 204 g/mol. The highest BCUT2D eigenvalue weighted by molar-refractivity contribution is 5.79. The zero-order valence-electron chi connectivity index (χ0n) is 9.87. The van der Waals surface area contributed by atoms with Gasteiger partial charge in [0.25, 0.3) is 0 Å². The number of hydrogen-bond donors (Lipinski definition) is 0. The van der Waals surface area contributed by atoms with Crippen molar-refractivity contribution in [2.45, 2.75) is 26.7 Å². The third-order valence-electron chi connectivity index (χ3n) is 2.56. The molecule has 0 unspecified atom stereocenters. The first-order valence-electron chi connectivity index (χ1n) is 5.18. The molecule has 0 fully saturated rings. The van der Waals surface area contributed by atoms with Crippen LogP contribution in [-0.2, 0) is 27.2 Å². The molecule has 3 nitrogen and oxygen atoms in total. The Bertz CT molecular complexity index is 408. The van der Waals surface area contributed by atoms with E-state index in [2.05, 4.69) is 4.74 Å². The van der Waals surface area contributed by atoms with Gasteiger partial charge in [0.15, 0.2) is 0 Å². The second-order valence-electron chi connectivity index (χ2n) is 3.83. The topological polar surface area (TPSA) is 43.4 Å². The molecule has 0 N–H and O–H groups in total. The van der Waals surface area contributed by atoms with Gasteiger partial charge in [-0.25, -0.2) is 0 Å². The lowest BCUT2D eigenvalue weighted by molar-refractivity contribution is -0.139. The van der Waals surface area contributed by atoms with Crippen molar-refractivity contribution < 1.29 is 14.3 Å². The normalized spacial score (nSPS) is 9.94. The van der Waals surface area contributed by atoms with Gasteiger partial charge < -0.3 is 4.74 Å². The lowest BCUT2D eigenvalue weighted by atomic mass is 9.97. The largest absolute Gasteiger partial charge is 0.469 e. The van der Waals surface area contributed by atoms with E-state index in [-0.39, 0.29) is 18.2 Å². The van der Waals surface area contributed by atoms with Crippen LogP contribution in [0.15, 0.2) is 18.2 Å². The van der Waals surface area contributed by atoms with Crippen molar-refractivity contribution in [3.63, 3.8) is 0 Å². The fourth-order valence-corrected chi connectivity index (χ4v) is 1.62. The summed E-state index contributed by atoms with van der Waals surface area (Å²) >= 11 is 0. The Hall–Kier alpha value is -1.64. The Morgan fingerprint density at radius 1 is 1.19 bits per heavy atom. The van der Waals surface area contributed by atoms with Gasteiger partial charge in [-0.15, -0.1) is 0 Å². The molecule has 16 heavy (non-hydrogen) atoms. The summed E-state index contributed by atoms with van der Waals surface area (Å²) in [7, 11) is 1.37. The summed E-state index contributed by atoms with van der Waals surface area (Å²) in [6, 6.07) is 5.66. The lowest BCUT2D eigenvalue weighted by Gasteiger charge is -2.09. The molecule has 0 saturated heterocycles. The fourth-order valence-electron chi connectivity index (χ4n) is 1.62. The fraction of sp³-hybridized carbons (Fsp3) is 0.385. The molecule has 0 aliphatic rings. The minimum atomic E-state index is -0.261. The summed E-state index contributed by atoms with van der Waals surface area (Å²) in [5.41, 5.74) is 2.91. The Morgan fingerprint density at radius 2 is 1.75 bits per heavy atom. The predicted molar refractivity (Wildman–Crippen MR) is 61.3 cm³/mol. The minimum absolute atomic E-state index is 0.123. The van der Waals surface area contributed by atoms with Gasteiger partial charge >= 0.3 is 5.97 Å². The molecule has 1 aromatic rings. The number of benzene rings is 1. The molecule has 0 aromatic heterocycles. The van der Waals surface area contributed by atoms with Crippen LogP contribution in [0.25, 0.3) is 0 Å². The van der Waals surface area contributed by atoms with Crippen LogP contribution in [0.1, 0.15) is 23.6 Å². The van der Waals surface area contributed by atoms with E-state index in [4.69, 9.17) is 0 Å².